The van der Waals surface area contributed by atoms with Crippen LogP contribution in [0.5, 0.6) is 0 Å². The Bertz CT molecular complexity index is 268. The van der Waals surface area contributed by atoms with Crippen molar-refractivity contribution in [3.8, 4) is 0 Å². The van der Waals surface area contributed by atoms with E-state index in [2.05, 4.69) is 4.98 Å². The smallest absolute Gasteiger partial charge is 0.392 e. The van der Waals surface area contributed by atoms with Crippen molar-refractivity contribution in [1.82, 2.24) is 4.98 Å². The molecule has 5 heteroatoms. The van der Waals surface area contributed by atoms with Crippen molar-refractivity contribution in [1.29, 1.82) is 0 Å². The van der Waals surface area contributed by atoms with Crippen LogP contribution in [0.1, 0.15) is 11.3 Å². The average Bonchev–Trinajstić information content (AvgIpc) is 2.03. The molecule has 0 aliphatic heterocycles. The first-order chi connectivity index (χ1) is 6.01. The summed E-state index contributed by atoms with van der Waals surface area (Å²) in [5.74, 6) is 0. The zero-order valence-corrected chi connectivity index (χ0v) is 6.67. The summed E-state index contributed by atoms with van der Waals surface area (Å²) in [5, 5.41) is 8.60. The van der Waals surface area contributed by atoms with Crippen LogP contribution in [0.2, 0.25) is 0 Å². The van der Waals surface area contributed by atoms with Gasteiger partial charge in [0.1, 0.15) is 0 Å². The lowest BCUT2D eigenvalue weighted by molar-refractivity contribution is -0.127. The molecule has 0 unspecified atom stereocenters. The van der Waals surface area contributed by atoms with Gasteiger partial charge in [-0.15, -0.1) is 0 Å². The number of pyridine rings is 1. The highest BCUT2D eigenvalue weighted by molar-refractivity contribution is 5.13. The minimum atomic E-state index is -4.23. The van der Waals surface area contributed by atoms with Gasteiger partial charge in [-0.1, -0.05) is 6.07 Å². The Morgan fingerprint density at radius 2 is 2.00 bits per heavy atom. The summed E-state index contributed by atoms with van der Waals surface area (Å²) in [6, 6.07) is 2.69. The summed E-state index contributed by atoms with van der Waals surface area (Å²) >= 11 is 0. The summed E-state index contributed by atoms with van der Waals surface area (Å²) in [6.07, 6.45) is -4.02. The average molecular weight is 191 g/mol. The highest BCUT2D eigenvalue weighted by Crippen LogP contribution is 2.19. The molecular weight excluding hydrogens is 183 g/mol. The zero-order valence-electron chi connectivity index (χ0n) is 6.67. The highest BCUT2D eigenvalue weighted by atomic mass is 19.4. The number of aromatic nitrogens is 1. The molecule has 0 aromatic carbocycles. The molecule has 0 amide bonds. The number of rotatable bonds is 2. The number of hydrogen-bond donors (Lipinski definition) is 1. The van der Waals surface area contributed by atoms with Crippen LogP contribution in [0.15, 0.2) is 18.3 Å². The van der Waals surface area contributed by atoms with Crippen molar-refractivity contribution < 1.29 is 18.3 Å². The SMILES string of the molecule is OCc1ccc(CC(F)(F)F)nc1. The van der Waals surface area contributed by atoms with Gasteiger partial charge in [-0.05, 0) is 11.6 Å². The van der Waals surface area contributed by atoms with Crippen LogP contribution in [0.4, 0.5) is 13.2 Å². The third-order valence-electron chi connectivity index (χ3n) is 1.45. The third kappa shape index (κ3) is 3.42. The fourth-order valence-corrected chi connectivity index (χ4v) is 0.859. The third-order valence-corrected chi connectivity index (χ3v) is 1.45. The number of nitrogens with zero attached hydrogens (tertiary/aromatic N) is 1. The van der Waals surface area contributed by atoms with Crippen LogP contribution in [0, 0.1) is 0 Å². The van der Waals surface area contributed by atoms with Crippen molar-refractivity contribution in [2.45, 2.75) is 19.2 Å². The van der Waals surface area contributed by atoms with E-state index < -0.39 is 12.6 Å². The highest BCUT2D eigenvalue weighted by Gasteiger charge is 2.28. The van der Waals surface area contributed by atoms with Crippen molar-refractivity contribution in [3.05, 3.63) is 29.6 Å². The molecule has 0 bridgehead atoms. The Morgan fingerprint density at radius 3 is 2.38 bits per heavy atom. The lowest BCUT2D eigenvalue weighted by Gasteiger charge is -2.05. The molecule has 1 N–H and O–H groups in total. The second-order valence-electron chi connectivity index (χ2n) is 2.61. The van der Waals surface area contributed by atoms with Gasteiger partial charge in [0.2, 0.25) is 0 Å². The van der Waals surface area contributed by atoms with Gasteiger partial charge in [-0.2, -0.15) is 13.2 Å². The number of aliphatic hydroxyl groups is 1. The Hall–Kier alpha value is -1.10. The second-order valence-corrected chi connectivity index (χ2v) is 2.61. The number of aliphatic hydroxyl groups excluding tert-OH is 1. The van der Waals surface area contributed by atoms with Gasteiger partial charge >= 0.3 is 6.18 Å². The summed E-state index contributed by atoms with van der Waals surface area (Å²) < 4.78 is 35.5. The van der Waals surface area contributed by atoms with Gasteiger partial charge in [0.05, 0.1) is 13.0 Å². The molecule has 72 valence electrons. The number of hydrogen-bond acceptors (Lipinski definition) is 2. The van der Waals surface area contributed by atoms with E-state index in [4.69, 9.17) is 5.11 Å². The molecule has 0 spiro atoms. The Balaban J connectivity index is 2.70. The van der Waals surface area contributed by atoms with Gasteiger partial charge in [-0.3, -0.25) is 4.98 Å². The van der Waals surface area contributed by atoms with E-state index in [1.54, 1.807) is 0 Å². The molecular formula is C8H8F3NO. The van der Waals surface area contributed by atoms with Crippen LogP contribution in [0.3, 0.4) is 0 Å². The molecule has 0 saturated carbocycles. The Morgan fingerprint density at radius 1 is 1.31 bits per heavy atom. The lowest BCUT2D eigenvalue weighted by Crippen LogP contribution is -2.12. The fraction of sp³-hybridized carbons (Fsp3) is 0.375. The van der Waals surface area contributed by atoms with Gasteiger partial charge in [0, 0.05) is 11.9 Å². The molecule has 13 heavy (non-hydrogen) atoms. The standard InChI is InChI=1S/C8H8F3NO/c9-8(10,11)3-7-2-1-6(5-13)4-12-7/h1-2,4,13H,3,5H2. The van der Waals surface area contributed by atoms with Crippen molar-refractivity contribution in [2.24, 2.45) is 0 Å². The fourth-order valence-electron chi connectivity index (χ4n) is 0.859. The van der Waals surface area contributed by atoms with Crippen molar-refractivity contribution in [3.63, 3.8) is 0 Å². The van der Waals surface area contributed by atoms with E-state index >= 15 is 0 Å². The molecule has 0 saturated heterocycles. The first-order valence-electron chi connectivity index (χ1n) is 3.62. The first-order valence-corrected chi connectivity index (χ1v) is 3.62. The molecule has 0 aliphatic rings. The van der Waals surface area contributed by atoms with Crippen LogP contribution in [-0.4, -0.2) is 16.3 Å². The van der Waals surface area contributed by atoms with Gasteiger partial charge in [0.15, 0.2) is 0 Å². The summed E-state index contributed by atoms with van der Waals surface area (Å²) in [7, 11) is 0. The van der Waals surface area contributed by atoms with E-state index in [1.807, 2.05) is 0 Å². The van der Waals surface area contributed by atoms with Gasteiger partial charge in [0.25, 0.3) is 0 Å². The van der Waals surface area contributed by atoms with Crippen LogP contribution >= 0.6 is 0 Å². The molecule has 0 radical (unpaired) electrons. The van der Waals surface area contributed by atoms with Crippen LogP contribution in [0.25, 0.3) is 0 Å². The van der Waals surface area contributed by atoms with Gasteiger partial charge < -0.3 is 5.11 Å². The molecule has 0 aliphatic carbocycles. The number of halogens is 3. The predicted molar refractivity (Wildman–Crippen MR) is 39.9 cm³/mol. The second kappa shape index (κ2) is 3.74. The van der Waals surface area contributed by atoms with Crippen LogP contribution in [-0.2, 0) is 13.0 Å². The van der Waals surface area contributed by atoms with E-state index in [0.717, 1.165) is 0 Å². The summed E-state index contributed by atoms with van der Waals surface area (Å²) in [6.45, 7) is -0.209. The van der Waals surface area contributed by atoms with Crippen molar-refractivity contribution >= 4 is 0 Å². The maximum absolute atomic E-state index is 11.8. The molecule has 0 atom stereocenters. The van der Waals surface area contributed by atoms with Crippen LogP contribution < -0.4 is 0 Å². The van der Waals surface area contributed by atoms with Gasteiger partial charge in [-0.25, -0.2) is 0 Å². The molecule has 2 nitrogen and oxygen atoms in total. The topological polar surface area (TPSA) is 33.1 Å². The Kier molecular flexibility index (Phi) is 2.87. The first kappa shape index (κ1) is 9.98. The summed E-state index contributed by atoms with van der Waals surface area (Å²) in [4.78, 5) is 3.55. The zero-order chi connectivity index (χ0) is 9.90. The molecule has 1 aromatic rings. The maximum Gasteiger partial charge on any atom is 0.394 e. The van der Waals surface area contributed by atoms with E-state index in [0.29, 0.717) is 5.56 Å². The maximum atomic E-state index is 11.8. The minimum Gasteiger partial charge on any atom is -0.392 e. The molecule has 1 heterocycles. The normalized spacial score (nSPS) is 11.7. The van der Waals surface area contributed by atoms with E-state index in [1.165, 1.54) is 18.3 Å². The monoisotopic (exact) mass is 191 g/mol. The number of alkyl halides is 3. The predicted octanol–water partition coefficient (Wildman–Crippen LogP) is 1.68. The quantitative estimate of drug-likeness (QED) is 0.771. The summed E-state index contributed by atoms with van der Waals surface area (Å²) in [5.41, 5.74) is 0.468. The molecule has 1 aromatic heterocycles. The molecule has 1 rings (SSSR count). The van der Waals surface area contributed by atoms with Crippen molar-refractivity contribution in [2.75, 3.05) is 0 Å². The lowest BCUT2D eigenvalue weighted by atomic mass is 10.2. The molecule has 0 fully saturated rings. The minimum absolute atomic E-state index is 0.0373. The van der Waals surface area contributed by atoms with E-state index in [9.17, 15) is 13.2 Å². The van der Waals surface area contributed by atoms with E-state index in [-0.39, 0.29) is 12.3 Å². The Labute approximate surface area is 73.0 Å². The largest absolute Gasteiger partial charge is 0.394 e.